The molecule has 8 heavy (non-hydrogen) atoms. The summed E-state index contributed by atoms with van der Waals surface area (Å²) in [6.07, 6.45) is 1.57. The van der Waals surface area contributed by atoms with Gasteiger partial charge < -0.3 is 9.47 Å². The predicted octanol–water partition coefficient (Wildman–Crippen LogP) is 0.564. The second kappa shape index (κ2) is 1.25. The molecule has 0 N–H and O–H groups in total. The highest BCUT2D eigenvalue weighted by atomic mass is 16.6. The molecule has 2 aliphatic rings. The summed E-state index contributed by atoms with van der Waals surface area (Å²) < 4.78 is 10.5. The SMILES string of the molecule is CC1O[C@]12CCOC2. The second-order valence-electron chi connectivity index (χ2n) is 2.63. The van der Waals surface area contributed by atoms with Gasteiger partial charge in [0.2, 0.25) is 0 Å². The minimum absolute atomic E-state index is 0.181. The Hall–Kier alpha value is -0.0800. The number of epoxide rings is 1. The van der Waals surface area contributed by atoms with Gasteiger partial charge in [-0.1, -0.05) is 0 Å². The maximum atomic E-state index is 5.34. The summed E-state index contributed by atoms with van der Waals surface area (Å²) in [7, 11) is 0. The highest BCUT2D eigenvalue weighted by Gasteiger charge is 2.55. The van der Waals surface area contributed by atoms with Crippen LogP contribution in [-0.4, -0.2) is 24.9 Å². The van der Waals surface area contributed by atoms with Crippen LogP contribution >= 0.6 is 0 Å². The van der Waals surface area contributed by atoms with Crippen LogP contribution in [0, 0.1) is 0 Å². The fourth-order valence-corrected chi connectivity index (χ4v) is 1.29. The van der Waals surface area contributed by atoms with Gasteiger partial charge in [0.1, 0.15) is 5.60 Å². The predicted molar refractivity (Wildman–Crippen MR) is 28.7 cm³/mol. The molecule has 0 radical (unpaired) electrons. The fourth-order valence-electron chi connectivity index (χ4n) is 1.29. The normalized spacial score (nSPS) is 52.9. The minimum Gasteiger partial charge on any atom is -0.378 e. The molecule has 0 aromatic carbocycles. The third-order valence-corrected chi connectivity index (χ3v) is 2.11. The Balaban J connectivity index is 2.06. The van der Waals surface area contributed by atoms with E-state index in [9.17, 15) is 0 Å². The lowest BCUT2D eigenvalue weighted by atomic mass is 10.1. The van der Waals surface area contributed by atoms with Gasteiger partial charge in [0.15, 0.2) is 0 Å². The van der Waals surface area contributed by atoms with Crippen molar-refractivity contribution in [2.24, 2.45) is 0 Å². The van der Waals surface area contributed by atoms with Crippen LogP contribution in [0.5, 0.6) is 0 Å². The van der Waals surface area contributed by atoms with E-state index in [1.807, 2.05) is 0 Å². The number of rotatable bonds is 0. The first-order valence-corrected chi connectivity index (χ1v) is 3.09. The maximum absolute atomic E-state index is 5.34. The molecular formula is C6H10O2. The summed E-state index contributed by atoms with van der Waals surface area (Å²) in [6, 6.07) is 0. The summed E-state index contributed by atoms with van der Waals surface area (Å²) in [5.74, 6) is 0. The molecule has 2 saturated heterocycles. The van der Waals surface area contributed by atoms with E-state index in [1.165, 1.54) is 0 Å². The average molecular weight is 114 g/mol. The summed E-state index contributed by atoms with van der Waals surface area (Å²) in [6.45, 7) is 3.83. The molecule has 1 spiro atoms. The lowest BCUT2D eigenvalue weighted by molar-refractivity contribution is 0.171. The van der Waals surface area contributed by atoms with Crippen molar-refractivity contribution in [3.05, 3.63) is 0 Å². The van der Waals surface area contributed by atoms with Crippen LogP contribution in [0.3, 0.4) is 0 Å². The van der Waals surface area contributed by atoms with Crippen LogP contribution in [0.4, 0.5) is 0 Å². The van der Waals surface area contributed by atoms with Crippen LogP contribution < -0.4 is 0 Å². The van der Waals surface area contributed by atoms with Gasteiger partial charge in [0.05, 0.1) is 12.7 Å². The zero-order chi connectivity index (χ0) is 5.61. The molecule has 1 unspecified atom stereocenters. The van der Waals surface area contributed by atoms with E-state index in [1.54, 1.807) is 0 Å². The molecule has 2 rings (SSSR count). The largest absolute Gasteiger partial charge is 0.378 e. The first kappa shape index (κ1) is 4.77. The molecule has 46 valence electrons. The van der Waals surface area contributed by atoms with Crippen molar-refractivity contribution in [1.82, 2.24) is 0 Å². The van der Waals surface area contributed by atoms with E-state index < -0.39 is 0 Å². The van der Waals surface area contributed by atoms with Crippen molar-refractivity contribution < 1.29 is 9.47 Å². The van der Waals surface area contributed by atoms with Crippen LogP contribution in [0.25, 0.3) is 0 Å². The Bertz CT molecular complexity index is 105. The first-order valence-electron chi connectivity index (χ1n) is 3.09. The Morgan fingerprint density at radius 2 is 2.38 bits per heavy atom. The van der Waals surface area contributed by atoms with E-state index in [0.717, 1.165) is 19.6 Å². The zero-order valence-corrected chi connectivity index (χ0v) is 5.02. The average Bonchev–Trinajstić information content (AvgIpc) is 2.29. The Morgan fingerprint density at radius 3 is 2.62 bits per heavy atom. The van der Waals surface area contributed by atoms with Crippen molar-refractivity contribution in [2.75, 3.05) is 13.2 Å². The van der Waals surface area contributed by atoms with Gasteiger partial charge in [-0.25, -0.2) is 0 Å². The van der Waals surface area contributed by atoms with Crippen molar-refractivity contribution in [3.63, 3.8) is 0 Å². The van der Waals surface area contributed by atoms with E-state index in [2.05, 4.69) is 6.92 Å². The minimum atomic E-state index is 0.181. The molecule has 2 aliphatic heterocycles. The highest BCUT2D eigenvalue weighted by Crippen LogP contribution is 2.42. The van der Waals surface area contributed by atoms with E-state index in [4.69, 9.17) is 9.47 Å². The third kappa shape index (κ3) is 0.446. The molecule has 0 amide bonds. The molecule has 2 heteroatoms. The standard InChI is InChI=1S/C6H10O2/c1-5-6(8-5)2-3-7-4-6/h5H,2-4H2,1H3/t5?,6-/m0/s1. The molecular weight excluding hydrogens is 104 g/mol. The van der Waals surface area contributed by atoms with E-state index in [-0.39, 0.29) is 5.60 Å². The third-order valence-electron chi connectivity index (χ3n) is 2.11. The number of hydrogen-bond donors (Lipinski definition) is 0. The highest BCUT2D eigenvalue weighted by molar-refractivity contribution is 5.02. The van der Waals surface area contributed by atoms with Gasteiger partial charge in [-0.3, -0.25) is 0 Å². The van der Waals surface area contributed by atoms with Crippen LogP contribution in [0.1, 0.15) is 13.3 Å². The summed E-state index contributed by atoms with van der Waals surface area (Å²) >= 11 is 0. The van der Waals surface area contributed by atoms with Crippen LogP contribution in [0.15, 0.2) is 0 Å². The zero-order valence-electron chi connectivity index (χ0n) is 5.02. The quantitative estimate of drug-likeness (QED) is 0.429. The molecule has 0 bridgehead atoms. The molecule has 0 aromatic rings. The molecule has 0 saturated carbocycles. The molecule has 0 aliphatic carbocycles. The second-order valence-corrected chi connectivity index (χ2v) is 2.63. The topological polar surface area (TPSA) is 21.8 Å². The lowest BCUT2D eigenvalue weighted by Crippen LogP contribution is -2.12. The van der Waals surface area contributed by atoms with Gasteiger partial charge in [-0.05, 0) is 6.92 Å². The monoisotopic (exact) mass is 114 g/mol. The van der Waals surface area contributed by atoms with E-state index in [0.29, 0.717) is 6.10 Å². The smallest absolute Gasteiger partial charge is 0.120 e. The Kier molecular flexibility index (Phi) is 0.746. The summed E-state index contributed by atoms with van der Waals surface area (Å²) in [4.78, 5) is 0. The van der Waals surface area contributed by atoms with Crippen LogP contribution in [-0.2, 0) is 9.47 Å². The number of ether oxygens (including phenoxy) is 2. The molecule has 2 nitrogen and oxygen atoms in total. The Labute approximate surface area is 48.8 Å². The van der Waals surface area contributed by atoms with Gasteiger partial charge in [-0.2, -0.15) is 0 Å². The van der Waals surface area contributed by atoms with Gasteiger partial charge in [-0.15, -0.1) is 0 Å². The molecule has 2 fully saturated rings. The molecule has 2 atom stereocenters. The van der Waals surface area contributed by atoms with Crippen molar-refractivity contribution in [3.8, 4) is 0 Å². The van der Waals surface area contributed by atoms with Crippen molar-refractivity contribution in [2.45, 2.75) is 25.0 Å². The van der Waals surface area contributed by atoms with Gasteiger partial charge in [0.25, 0.3) is 0 Å². The molecule has 0 aromatic heterocycles. The first-order chi connectivity index (χ1) is 3.83. The van der Waals surface area contributed by atoms with Crippen LogP contribution in [0.2, 0.25) is 0 Å². The number of hydrogen-bond acceptors (Lipinski definition) is 2. The summed E-state index contributed by atoms with van der Waals surface area (Å²) in [5.41, 5.74) is 0.181. The maximum Gasteiger partial charge on any atom is 0.120 e. The fraction of sp³-hybridized carbons (Fsp3) is 1.00. The summed E-state index contributed by atoms with van der Waals surface area (Å²) in [5, 5.41) is 0. The van der Waals surface area contributed by atoms with Gasteiger partial charge in [0, 0.05) is 13.0 Å². The van der Waals surface area contributed by atoms with Crippen molar-refractivity contribution in [1.29, 1.82) is 0 Å². The van der Waals surface area contributed by atoms with E-state index >= 15 is 0 Å². The molecule has 2 heterocycles. The van der Waals surface area contributed by atoms with Gasteiger partial charge >= 0.3 is 0 Å². The Morgan fingerprint density at radius 1 is 1.62 bits per heavy atom. The lowest BCUT2D eigenvalue weighted by Gasteiger charge is -1.93. The van der Waals surface area contributed by atoms with Crippen molar-refractivity contribution >= 4 is 0 Å².